The van der Waals surface area contributed by atoms with Gasteiger partial charge in [-0.05, 0) is 31.0 Å². The van der Waals surface area contributed by atoms with Gasteiger partial charge in [0.15, 0.2) is 5.96 Å². The van der Waals surface area contributed by atoms with Crippen LogP contribution in [0.15, 0.2) is 29.3 Å². The van der Waals surface area contributed by atoms with Crippen LogP contribution in [0.25, 0.3) is 0 Å². The number of benzene rings is 1. The molecule has 3 rings (SSSR count). The van der Waals surface area contributed by atoms with Crippen molar-refractivity contribution in [2.75, 3.05) is 72.1 Å². The Bertz CT molecular complexity index is 701. The van der Waals surface area contributed by atoms with Gasteiger partial charge in [-0.1, -0.05) is 23.7 Å². The predicted octanol–water partition coefficient (Wildman–Crippen LogP) is 1.71. The van der Waals surface area contributed by atoms with E-state index in [4.69, 9.17) is 21.3 Å². The van der Waals surface area contributed by atoms with Gasteiger partial charge in [0.05, 0.1) is 19.6 Å². The van der Waals surface area contributed by atoms with Gasteiger partial charge in [-0.3, -0.25) is 14.7 Å². The summed E-state index contributed by atoms with van der Waals surface area (Å²) in [4.78, 5) is 24.1. The fourth-order valence-corrected chi connectivity index (χ4v) is 4.04. The zero-order valence-corrected chi connectivity index (χ0v) is 18.7. The van der Waals surface area contributed by atoms with E-state index in [-0.39, 0.29) is 5.91 Å². The normalized spacial score (nSPS) is 18.5. The molecule has 0 aliphatic carbocycles. The number of ether oxygens (including phenoxy) is 1. The first-order valence-electron chi connectivity index (χ1n) is 11.0. The summed E-state index contributed by atoms with van der Waals surface area (Å²) in [5, 5.41) is 4.08. The predicted molar refractivity (Wildman–Crippen MR) is 121 cm³/mol. The quantitative estimate of drug-likeness (QED) is 0.401. The van der Waals surface area contributed by atoms with Crippen molar-refractivity contribution in [1.82, 2.24) is 20.0 Å². The van der Waals surface area contributed by atoms with Crippen molar-refractivity contribution in [2.24, 2.45) is 4.99 Å². The molecule has 0 atom stereocenters. The SMILES string of the molecule is CCNC(=NCCCN1CCOCC1)N1CCN(C(=O)Cc2cccc(Cl)c2)CC1. The highest BCUT2D eigenvalue weighted by atomic mass is 35.5. The number of amides is 1. The van der Waals surface area contributed by atoms with Crippen molar-refractivity contribution in [3.63, 3.8) is 0 Å². The van der Waals surface area contributed by atoms with Gasteiger partial charge < -0.3 is 19.9 Å². The number of morpholine rings is 1. The molecule has 2 heterocycles. The van der Waals surface area contributed by atoms with E-state index in [0.717, 1.165) is 90.1 Å². The lowest BCUT2D eigenvalue weighted by atomic mass is 10.1. The molecule has 30 heavy (non-hydrogen) atoms. The minimum Gasteiger partial charge on any atom is -0.379 e. The minimum absolute atomic E-state index is 0.157. The molecule has 2 aliphatic heterocycles. The van der Waals surface area contributed by atoms with E-state index >= 15 is 0 Å². The average molecular weight is 436 g/mol. The Balaban J connectivity index is 1.44. The van der Waals surface area contributed by atoms with Crippen LogP contribution in [0.4, 0.5) is 0 Å². The maximum atomic E-state index is 12.6. The largest absolute Gasteiger partial charge is 0.379 e. The summed E-state index contributed by atoms with van der Waals surface area (Å²) in [6.45, 7) is 11.6. The van der Waals surface area contributed by atoms with Crippen LogP contribution in [-0.4, -0.2) is 98.7 Å². The lowest BCUT2D eigenvalue weighted by Gasteiger charge is -2.36. The average Bonchev–Trinajstić information content (AvgIpc) is 2.77. The number of hydrogen-bond donors (Lipinski definition) is 1. The highest BCUT2D eigenvalue weighted by Gasteiger charge is 2.23. The lowest BCUT2D eigenvalue weighted by molar-refractivity contribution is -0.131. The van der Waals surface area contributed by atoms with Gasteiger partial charge in [-0.15, -0.1) is 0 Å². The summed E-state index contributed by atoms with van der Waals surface area (Å²) in [6, 6.07) is 7.54. The van der Waals surface area contributed by atoms with Crippen LogP contribution >= 0.6 is 11.6 Å². The maximum absolute atomic E-state index is 12.6. The zero-order valence-electron chi connectivity index (χ0n) is 18.0. The Kier molecular flexibility index (Phi) is 9.24. The summed E-state index contributed by atoms with van der Waals surface area (Å²) in [5.74, 6) is 1.12. The summed E-state index contributed by atoms with van der Waals surface area (Å²) in [5.41, 5.74) is 0.963. The second kappa shape index (κ2) is 12.1. The fourth-order valence-electron chi connectivity index (χ4n) is 3.83. The summed E-state index contributed by atoms with van der Waals surface area (Å²) < 4.78 is 5.40. The third-order valence-corrected chi connectivity index (χ3v) is 5.74. The second-order valence-corrected chi connectivity index (χ2v) is 8.15. The van der Waals surface area contributed by atoms with E-state index in [1.54, 1.807) is 0 Å². The fraction of sp³-hybridized carbons (Fsp3) is 0.636. The maximum Gasteiger partial charge on any atom is 0.227 e. The topological polar surface area (TPSA) is 60.4 Å². The number of halogens is 1. The minimum atomic E-state index is 0.157. The van der Waals surface area contributed by atoms with Gasteiger partial charge in [-0.25, -0.2) is 0 Å². The van der Waals surface area contributed by atoms with Crippen LogP contribution in [0.3, 0.4) is 0 Å². The number of piperazine rings is 1. The van der Waals surface area contributed by atoms with Crippen molar-refractivity contribution in [2.45, 2.75) is 19.8 Å². The first kappa shape index (κ1) is 22.8. The number of nitrogens with one attached hydrogen (secondary N) is 1. The Labute approximate surface area is 185 Å². The molecule has 7 nitrogen and oxygen atoms in total. The molecule has 0 radical (unpaired) electrons. The molecule has 0 aromatic heterocycles. The van der Waals surface area contributed by atoms with E-state index in [2.05, 4.69) is 22.0 Å². The number of aliphatic imine (C=N–C) groups is 1. The number of nitrogens with zero attached hydrogens (tertiary/aromatic N) is 4. The molecule has 0 spiro atoms. The van der Waals surface area contributed by atoms with E-state index in [0.29, 0.717) is 11.4 Å². The van der Waals surface area contributed by atoms with E-state index in [9.17, 15) is 4.79 Å². The molecule has 2 aliphatic rings. The molecule has 1 amide bonds. The third-order valence-electron chi connectivity index (χ3n) is 5.51. The van der Waals surface area contributed by atoms with Crippen LogP contribution in [0.2, 0.25) is 5.02 Å². The molecule has 166 valence electrons. The number of carbonyl (C=O) groups is 1. The monoisotopic (exact) mass is 435 g/mol. The van der Waals surface area contributed by atoms with Crippen LogP contribution in [-0.2, 0) is 16.0 Å². The highest BCUT2D eigenvalue weighted by molar-refractivity contribution is 6.30. The first-order valence-corrected chi connectivity index (χ1v) is 11.4. The molecule has 2 fully saturated rings. The molecule has 0 unspecified atom stereocenters. The number of hydrogen-bond acceptors (Lipinski definition) is 4. The Morgan fingerprint density at radius 1 is 1.13 bits per heavy atom. The van der Waals surface area contributed by atoms with Crippen molar-refractivity contribution < 1.29 is 9.53 Å². The van der Waals surface area contributed by atoms with E-state index in [1.807, 2.05) is 29.2 Å². The number of guanidine groups is 1. The molecular weight excluding hydrogens is 402 g/mol. The Morgan fingerprint density at radius 3 is 2.57 bits per heavy atom. The molecule has 0 saturated carbocycles. The smallest absolute Gasteiger partial charge is 0.227 e. The van der Waals surface area contributed by atoms with Crippen molar-refractivity contribution in [3.8, 4) is 0 Å². The Hall–Kier alpha value is -1.83. The van der Waals surface area contributed by atoms with Gasteiger partial charge in [-0.2, -0.15) is 0 Å². The Morgan fingerprint density at radius 2 is 1.87 bits per heavy atom. The molecule has 1 aromatic carbocycles. The van der Waals surface area contributed by atoms with Crippen molar-refractivity contribution in [1.29, 1.82) is 0 Å². The van der Waals surface area contributed by atoms with Gasteiger partial charge in [0, 0.05) is 63.9 Å². The number of rotatable bonds is 7. The van der Waals surface area contributed by atoms with Crippen molar-refractivity contribution in [3.05, 3.63) is 34.9 Å². The van der Waals surface area contributed by atoms with Crippen LogP contribution in [0.5, 0.6) is 0 Å². The zero-order chi connectivity index (χ0) is 21.2. The lowest BCUT2D eigenvalue weighted by Crippen LogP contribution is -2.54. The molecule has 1 N–H and O–H groups in total. The van der Waals surface area contributed by atoms with Gasteiger partial charge in [0.2, 0.25) is 5.91 Å². The summed E-state index contributed by atoms with van der Waals surface area (Å²) in [7, 11) is 0. The van der Waals surface area contributed by atoms with Crippen LogP contribution in [0, 0.1) is 0 Å². The second-order valence-electron chi connectivity index (χ2n) is 7.72. The van der Waals surface area contributed by atoms with E-state index < -0.39 is 0 Å². The molecule has 1 aromatic rings. The van der Waals surface area contributed by atoms with Gasteiger partial charge in [0.1, 0.15) is 0 Å². The third kappa shape index (κ3) is 7.15. The summed E-state index contributed by atoms with van der Waals surface area (Å²) >= 11 is 6.03. The molecular formula is C22H34ClN5O2. The molecule has 8 heteroatoms. The highest BCUT2D eigenvalue weighted by Crippen LogP contribution is 2.13. The number of carbonyl (C=O) groups excluding carboxylic acids is 1. The standard InChI is InChI=1S/C22H34ClN5O2/c1-2-24-22(25-7-4-8-26-13-15-30-16-14-26)28-11-9-27(10-12-28)21(29)18-19-5-3-6-20(23)17-19/h3,5-6,17H,2,4,7-16,18H2,1H3,(H,24,25). The molecule has 2 saturated heterocycles. The molecule has 0 bridgehead atoms. The van der Waals surface area contributed by atoms with Crippen LogP contribution < -0.4 is 5.32 Å². The van der Waals surface area contributed by atoms with Crippen LogP contribution in [0.1, 0.15) is 18.9 Å². The van der Waals surface area contributed by atoms with Gasteiger partial charge in [0.25, 0.3) is 0 Å². The first-order chi connectivity index (χ1) is 14.7. The van der Waals surface area contributed by atoms with E-state index in [1.165, 1.54) is 0 Å². The van der Waals surface area contributed by atoms with Gasteiger partial charge >= 0.3 is 0 Å². The summed E-state index contributed by atoms with van der Waals surface area (Å²) in [6.07, 6.45) is 1.45. The van der Waals surface area contributed by atoms with Crippen molar-refractivity contribution >= 4 is 23.5 Å².